The lowest BCUT2D eigenvalue weighted by atomic mass is 9.84. The van der Waals surface area contributed by atoms with Crippen LogP contribution in [0.15, 0.2) is 0 Å². The van der Waals surface area contributed by atoms with Crippen molar-refractivity contribution in [3.8, 4) is 0 Å². The number of rotatable bonds is 10. The molecular formula is C20H44O2. The maximum absolute atomic E-state index is 10.4. The molecule has 0 aromatic carbocycles. The van der Waals surface area contributed by atoms with Gasteiger partial charge in [-0.2, -0.15) is 0 Å². The van der Waals surface area contributed by atoms with Crippen LogP contribution in [0, 0.1) is 23.7 Å². The third-order valence-corrected chi connectivity index (χ3v) is 4.40. The van der Waals surface area contributed by atoms with E-state index in [4.69, 9.17) is 5.11 Å². The Labute approximate surface area is 141 Å². The number of aliphatic hydroxyl groups is 1. The largest absolute Gasteiger partial charge is 0.400 e. The SMILES string of the molecule is CCC.CCC(C)CCC(C)C(C)CCC(C)CC=O.CO. The lowest BCUT2D eigenvalue weighted by molar-refractivity contribution is -0.108. The van der Waals surface area contributed by atoms with Crippen molar-refractivity contribution in [1.82, 2.24) is 0 Å². The van der Waals surface area contributed by atoms with E-state index in [9.17, 15) is 4.79 Å². The standard InChI is InChI=1S/C16H32O.C3H8.CH4O/c1-6-13(2)7-9-15(4)16(5)10-8-14(3)11-12-17;1-3-2;1-2/h12-16H,6-11H2,1-5H3;3H2,1-2H3;2H,1H3. The van der Waals surface area contributed by atoms with Crippen LogP contribution in [0.25, 0.3) is 0 Å². The lowest BCUT2D eigenvalue weighted by Gasteiger charge is -2.22. The number of carbonyl (C=O) groups is 1. The summed E-state index contributed by atoms with van der Waals surface area (Å²) in [6, 6.07) is 0. The van der Waals surface area contributed by atoms with Crippen LogP contribution < -0.4 is 0 Å². The second-order valence-electron chi connectivity index (χ2n) is 6.84. The van der Waals surface area contributed by atoms with Gasteiger partial charge in [0.2, 0.25) is 0 Å². The average molecular weight is 317 g/mol. The molecule has 0 rings (SSSR count). The minimum absolute atomic E-state index is 0.566. The highest BCUT2D eigenvalue weighted by molar-refractivity contribution is 5.49. The number of aliphatic hydroxyl groups excluding tert-OH is 1. The summed E-state index contributed by atoms with van der Waals surface area (Å²) in [6.45, 7) is 15.8. The molecule has 0 bridgehead atoms. The highest BCUT2D eigenvalue weighted by Gasteiger charge is 2.14. The van der Waals surface area contributed by atoms with E-state index in [1.54, 1.807) is 0 Å². The molecule has 136 valence electrons. The van der Waals surface area contributed by atoms with Crippen molar-refractivity contribution >= 4 is 6.29 Å². The average Bonchev–Trinajstić information content (AvgIpc) is 2.52. The highest BCUT2D eigenvalue weighted by Crippen LogP contribution is 2.26. The molecule has 0 radical (unpaired) electrons. The Morgan fingerprint density at radius 3 is 1.45 bits per heavy atom. The highest BCUT2D eigenvalue weighted by atomic mass is 16.2. The van der Waals surface area contributed by atoms with Gasteiger partial charge in [0.15, 0.2) is 0 Å². The first-order valence-electron chi connectivity index (χ1n) is 9.30. The normalized spacial score (nSPS) is 15.3. The van der Waals surface area contributed by atoms with Gasteiger partial charge in [0.25, 0.3) is 0 Å². The molecule has 0 aliphatic heterocycles. The summed E-state index contributed by atoms with van der Waals surface area (Å²) in [6.07, 6.45) is 9.54. The Hall–Kier alpha value is -0.370. The second-order valence-corrected chi connectivity index (χ2v) is 6.84. The molecule has 0 amide bonds. The Kier molecular flexibility index (Phi) is 24.9. The zero-order valence-corrected chi connectivity index (χ0v) is 16.7. The molecule has 0 aromatic heterocycles. The first-order chi connectivity index (χ1) is 10.4. The molecule has 1 N–H and O–H groups in total. The van der Waals surface area contributed by atoms with Crippen LogP contribution in [0.5, 0.6) is 0 Å². The molecule has 22 heavy (non-hydrogen) atoms. The van der Waals surface area contributed by atoms with Crippen LogP contribution in [0.1, 0.15) is 93.4 Å². The van der Waals surface area contributed by atoms with Crippen LogP contribution in [0.3, 0.4) is 0 Å². The zero-order valence-electron chi connectivity index (χ0n) is 16.7. The topological polar surface area (TPSA) is 37.3 Å². The number of aldehydes is 1. The summed E-state index contributed by atoms with van der Waals surface area (Å²) in [5, 5.41) is 7.00. The molecule has 0 saturated carbocycles. The maximum atomic E-state index is 10.4. The zero-order chi connectivity index (χ0) is 18.0. The van der Waals surface area contributed by atoms with Gasteiger partial charge in [-0.1, -0.05) is 87.0 Å². The molecule has 2 heteroatoms. The molecule has 0 fully saturated rings. The number of carbonyl (C=O) groups excluding carboxylic acids is 1. The second kappa shape index (κ2) is 20.6. The van der Waals surface area contributed by atoms with Crippen molar-refractivity contribution in [2.24, 2.45) is 23.7 Å². The van der Waals surface area contributed by atoms with Crippen LogP contribution in [0.4, 0.5) is 0 Å². The Morgan fingerprint density at radius 2 is 1.14 bits per heavy atom. The molecule has 4 atom stereocenters. The van der Waals surface area contributed by atoms with Gasteiger partial charge in [0.1, 0.15) is 6.29 Å². The molecule has 0 saturated heterocycles. The van der Waals surface area contributed by atoms with E-state index in [0.29, 0.717) is 5.92 Å². The Balaban J connectivity index is -0.000000637. The molecule has 0 aliphatic rings. The summed E-state index contributed by atoms with van der Waals surface area (Å²) in [7, 11) is 1.00. The van der Waals surface area contributed by atoms with Crippen molar-refractivity contribution in [1.29, 1.82) is 0 Å². The van der Waals surface area contributed by atoms with E-state index in [-0.39, 0.29) is 0 Å². The molecular weight excluding hydrogens is 272 g/mol. The molecule has 0 heterocycles. The van der Waals surface area contributed by atoms with Crippen LogP contribution in [-0.4, -0.2) is 18.5 Å². The Morgan fingerprint density at radius 1 is 0.773 bits per heavy atom. The van der Waals surface area contributed by atoms with Gasteiger partial charge in [0.05, 0.1) is 0 Å². The molecule has 0 aromatic rings. The minimum atomic E-state index is 0.566. The van der Waals surface area contributed by atoms with E-state index < -0.39 is 0 Å². The van der Waals surface area contributed by atoms with Gasteiger partial charge < -0.3 is 9.90 Å². The minimum Gasteiger partial charge on any atom is -0.400 e. The smallest absolute Gasteiger partial charge is 0.120 e. The predicted molar refractivity (Wildman–Crippen MR) is 100 cm³/mol. The fraction of sp³-hybridized carbons (Fsp3) is 0.950. The first kappa shape index (κ1) is 26.5. The van der Waals surface area contributed by atoms with Gasteiger partial charge >= 0.3 is 0 Å². The third kappa shape index (κ3) is 19.6. The van der Waals surface area contributed by atoms with Gasteiger partial charge in [-0.05, 0) is 23.7 Å². The summed E-state index contributed by atoms with van der Waals surface area (Å²) in [4.78, 5) is 10.4. The summed E-state index contributed by atoms with van der Waals surface area (Å²) in [5.74, 6) is 3.07. The molecule has 4 unspecified atom stereocenters. The van der Waals surface area contributed by atoms with E-state index in [0.717, 1.165) is 37.6 Å². The van der Waals surface area contributed by atoms with Gasteiger partial charge in [-0.15, -0.1) is 0 Å². The third-order valence-electron chi connectivity index (χ3n) is 4.40. The van der Waals surface area contributed by atoms with Gasteiger partial charge in [-0.25, -0.2) is 0 Å². The number of hydrogen-bond donors (Lipinski definition) is 1. The maximum Gasteiger partial charge on any atom is 0.120 e. The van der Waals surface area contributed by atoms with Crippen LogP contribution in [-0.2, 0) is 4.79 Å². The number of hydrogen-bond acceptors (Lipinski definition) is 2. The van der Waals surface area contributed by atoms with Crippen molar-refractivity contribution in [3.63, 3.8) is 0 Å². The quantitative estimate of drug-likeness (QED) is 0.493. The molecule has 0 spiro atoms. The van der Waals surface area contributed by atoms with E-state index in [1.165, 1.54) is 38.5 Å². The van der Waals surface area contributed by atoms with Crippen molar-refractivity contribution in [3.05, 3.63) is 0 Å². The van der Waals surface area contributed by atoms with Crippen molar-refractivity contribution < 1.29 is 9.90 Å². The summed E-state index contributed by atoms with van der Waals surface area (Å²) in [5.41, 5.74) is 0. The van der Waals surface area contributed by atoms with E-state index in [2.05, 4.69) is 48.5 Å². The lowest BCUT2D eigenvalue weighted by Crippen LogP contribution is -2.11. The predicted octanol–water partition coefficient (Wildman–Crippen LogP) is 6.12. The van der Waals surface area contributed by atoms with Crippen LogP contribution in [0.2, 0.25) is 0 Å². The van der Waals surface area contributed by atoms with Crippen molar-refractivity contribution in [2.75, 3.05) is 7.11 Å². The molecule has 2 nitrogen and oxygen atoms in total. The van der Waals surface area contributed by atoms with Crippen LogP contribution >= 0.6 is 0 Å². The van der Waals surface area contributed by atoms with Gasteiger partial charge in [0, 0.05) is 13.5 Å². The fourth-order valence-electron chi connectivity index (χ4n) is 2.15. The monoisotopic (exact) mass is 316 g/mol. The Bertz CT molecular complexity index is 204. The van der Waals surface area contributed by atoms with E-state index >= 15 is 0 Å². The fourth-order valence-corrected chi connectivity index (χ4v) is 2.15. The summed E-state index contributed by atoms with van der Waals surface area (Å²) < 4.78 is 0. The van der Waals surface area contributed by atoms with E-state index in [1.807, 2.05) is 0 Å². The van der Waals surface area contributed by atoms with Crippen molar-refractivity contribution in [2.45, 2.75) is 93.4 Å². The van der Waals surface area contributed by atoms with Gasteiger partial charge in [-0.3, -0.25) is 0 Å². The first-order valence-corrected chi connectivity index (χ1v) is 9.30. The molecule has 0 aliphatic carbocycles. The summed E-state index contributed by atoms with van der Waals surface area (Å²) >= 11 is 0.